The number of carbonyl (C=O) groups excluding carboxylic acids is 1. The summed E-state index contributed by atoms with van der Waals surface area (Å²) >= 11 is 0. The van der Waals surface area contributed by atoms with E-state index in [1.807, 2.05) is 6.92 Å². The smallest absolute Gasteiger partial charge is 0.155 e. The van der Waals surface area contributed by atoms with Gasteiger partial charge in [-0.2, -0.15) is 0 Å². The minimum atomic E-state index is -0.576. The molecule has 4 aliphatic rings. The second kappa shape index (κ2) is 4.70. The molecule has 7 atom stereocenters. The first-order chi connectivity index (χ1) is 10.7. The van der Waals surface area contributed by atoms with Crippen molar-refractivity contribution in [2.45, 2.75) is 77.4 Å². The van der Waals surface area contributed by atoms with Crippen LogP contribution in [0.3, 0.4) is 0 Å². The fourth-order valence-corrected chi connectivity index (χ4v) is 6.85. The topological polar surface area (TPSA) is 57.5 Å². The molecule has 0 aromatic carbocycles. The van der Waals surface area contributed by atoms with E-state index < -0.39 is 11.7 Å². The molecule has 23 heavy (non-hydrogen) atoms. The first-order valence-corrected chi connectivity index (χ1v) is 9.34. The van der Waals surface area contributed by atoms with E-state index in [9.17, 15) is 15.0 Å². The summed E-state index contributed by atoms with van der Waals surface area (Å²) in [4.78, 5) is 11.9. The van der Waals surface area contributed by atoms with Gasteiger partial charge in [0.25, 0.3) is 0 Å². The predicted octanol–water partition coefficient (Wildman–Crippen LogP) is 3.24. The fraction of sp³-hybridized carbons (Fsp3) is 0.850. The number of hydrogen-bond donors (Lipinski definition) is 2. The first kappa shape index (κ1) is 15.8. The lowest BCUT2D eigenvalue weighted by Crippen LogP contribution is -2.56. The SMILES string of the molecule is CC12CCC(=O)C=C1C(O)CC1C2CCC2(C)C1CC[C@]2(C)O. The Bertz CT molecular complexity index is 577. The highest BCUT2D eigenvalue weighted by molar-refractivity contribution is 5.91. The molecular formula is C20H30O3. The third-order valence-corrected chi connectivity index (χ3v) is 8.54. The van der Waals surface area contributed by atoms with E-state index >= 15 is 0 Å². The van der Waals surface area contributed by atoms with Crippen LogP contribution >= 0.6 is 0 Å². The van der Waals surface area contributed by atoms with Crippen molar-refractivity contribution in [1.29, 1.82) is 0 Å². The Kier molecular flexibility index (Phi) is 3.23. The maximum absolute atomic E-state index is 11.9. The van der Waals surface area contributed by atoms with Crippen LogP contribution in [0, 0.1) is 28.6 Å². The standard InChI is InChI=1S/C20H30O3/c1-18-7-4-12(21)10-16(18)17(22)11-13-14(18)5-8-19(2)15(13)6-9-20(19,3)23/h10,13-15,17,22-23H,4-9,11H2,1-3H3/t13?,14?,15?,17?,18?,19?,20-/m0/s1. The highest BCUT2D eigenvalue weighted by Crippen LogP contribution is 2.67. The number of carbonyl (C=O) groups is 1. The molecule has 4 aliphatic carbocycles. The van der Waals surface area contributed by atoms with Gasteiger partial charge in [-0.3, -0.25) is 4.79 Å². The number of aliphatic hydroxyl groups excluding tert-OH is 1. The van der Waals surface area contributed by atoms with Gasteiger partial charge < -0.3 is 10.2 Å². The number of rotatable bonds is 0. The minimum absolute atomic E-state index is 0.0179. The molecule has 0 aromatic heterocycles. The van der Waals surface area contributed by atoms with Gasteiger partial charge >= 0.3 is 0 Å². The van der Waals surface area contributed by atoms with Gasteiger partial charge in [-0.25, -0.2) is 0 Å². The third-order valence-electron chi connectivity index (χ3n) is 8.54. The van der Waals surface area contributed by atoms with Gasteiger partial charge in [0, 0.05) is 6.42 Å². The average molecular weight is 318 g/mol. The van der Waals surface area contributed by atoms with E-state index in [2.05, 4.69) is 13.8 Å². The van der Waals surface area contributed by atoms with Gasteiger partial charge in [-0.15, -0.1) is 0 Å². The minimum Gasteiger partial charge on any atom is -0.390 e. The van der Waals surface area contributed by atoms with E-state index in [1.165, 1.54) is 0 Å². The van der Waals surface area contributed by atoms with Crippen molar-refractivity contribution in [2.24, 2.45) is 28.6 Å². The van der Waals surface area contributed by atoms with Crippen molar-refractivity contribution >= 4 is 5.78 Å². The maximum Gasteiger partial charge on any atom is 0.155 e. The summed E-state index contributed by atoms with van der Waals surface area (Å²) < 4.78 is 0. The quantitative estimate of drug-likeness (QED) is 0.721. The molecule has 128 valence electrons. The molecule has 3 saturated carbocycles. The second-order valence-corrected chi connectivity index (χ2v) is 9.38. The van der Waals surface area contributed by atoms with Crippen molar-refractivity contribution in [2.75, 3.05) is 0 Å². The Morgan fingerprint density at radius 3 is 2.52 bits per heavy atom. The average Bonchev–Trinajstić information content (AvgIpc) is 2.72. The summed E-state index contributed by atoms with van der Waals surface area (Å²) in [5.41, 5.74) is 0.387. The summed E-state index contributed by atoms with van der Waals surface area (Å²) in [6, 6.07) is 0. The molecule has 0 saturated heterocycles. The van der Waals surface area contributed by atoms with Crippen LogP contribution in [-0.2, 0) is 4.79 Å². The molecule has 0 aliphatic heterocycles. The fourth-order valence-electron chi connectivity index (χ4n) is 6.85. The van der Waals surface area contributed by atoms with Crippen LogP contribution in [-0.4, -0.2) is 27.7 Å². The summed E-state index contributed by atoms with van der Waals surface area (Å²) in [6.07, 6.45) is 7.70. The Morgan fingerprint density at radius 1 is 1.09 bits per heavy atom. The van der Waals surface area contributed by atoms with Crippen LogP contribution in [0.15, 0.2) is 11.6 Å². The van der Waals surface area contributed by atoms with Gasteiger partial charge in [0.1, 0.15) is 0 Å². The molecule has 3 fully saturated rings. The van der Waals surface area contributed by atoms with Gasteiger partial charge in [0.2, 0.25) is 0 Å². The van der Waals surface area contributed by atoms with Crippen LogP contribution in [0.25, 0.3) is 0 Å². The first-order valence-electron chi connectivity index (χ1n) is 9.34. The number of ketones is 1. The molecule has 3 heteroatoms. The summed E-state index contributed by atoms with van der Waals surface area (Å²) in [7, 11) is 0. The second-order valence-electron chi connectivity index (χ2n) is 9.38. The van der Waals surface area contributed by atoms with Crippen LogP contribution < -0.4 is 0 Å². The van der Waals surface area contributed by atoms with Crippen LogP contribution in [0.4, 0.5) is 0 Å². The molecule has 0 spiro atoms. The van der Waals surface area contributed by atoms with E-state index in [1.54, 1.807) is 6.08 Å². The summed E-state index contributed by atoms with van der Waals surface area (Å²) in [6.45, 7) is 6.56. The van der Waals surface area contributed by atoms with Crippen LogP contribution in [0.5, 0.6) is 0 Å². The van der Waals surface area contributed by atoms with Gasteiger partial charge in [0.15, 0.2) is 5.78 Å². The maximum atomic E-state index is 11.9. The molecule has 4 rings (SSSR count). The summed E-state index contributed by atoms with van der Waals surface area (Å²) in [5, 5.41) is 21.7. The Labute approximate surface area is 139 Å². The van der Waals surface area contributed by atoms with Crippen LogP contribution in [0.1, 0.15) is 65.7 Å². The molecule has 6 unspecified atom stereocenters. The third kappa shape index (κ3) is 1.93. The van der Waals surface area contributed by atoms with Crippen molar-refractivity contribution in [3.05, 3.63) is 11.6 Å². The van der Waals surface area contributed by atoms with E-state index in [4.69, 9.17) is 0 Å². The van der Waals surface area contributed by atoms with Gasteiger partial charge in [-0.05, 0) is 85.7 Å². The molecule has 2 N–H and O–H groups in total. The molecule has 0 bridgehead atoms. The normalized spacial score (nSPS) is 55.7. The zero-order valence-corrected chi connectivity index (χ0v) is 14.6. The molecule has 0 amide bonds. The zero-order valence-electron chi connectivity index (χ0n) is 14.6. The number of fused-ring (bicyclic) bond motifs is 5. The molecule has 0 radical (unpaired) electrons. The lowest BCUT2D eigenvalue weighted by atomic mass is 9.46. The Hall–Kier alpha value is -0.670. The van der Waals surface area contributed by atoms with E-state index in [0.29, 0.717) is 24.2 Å². The van der Waals surface area contributed by atoms with Crippen molar-refractivity contribution in [1.82, 2.24) is 0 Å². The lowest BCUT2D eigenvalue weighted by molar-refractivity contribution is -0.132. The Morgan fingerprint density at radius 2 is 1.78 bits per heavy atom. The monoisotopic (exact) mass is 318 g/mol. The predicted molar refractivity (Wildman–Crippen MR) is 88.7 cm³/mol. The van der Waals surface area contributed by atoms with Crippen LogP contribution in [0.2, 0.25) is 0 Å². The molecular weight excluding hydrogens is 288 g/mol. The van der Waals surface area contributed by atoms with Crippen molar-refractivity contribution < 1.29 is 15.0 Å². The van der Waals surface area contributed by atoms with Crippen molar-refractivity contribution in [3.63, 3.8) is 0 Å². The molecule has 0 heterocycles. The van der Waals surface area contributed by atoms with E-state index in [0.717, 1.165) is 44.1 Å². The van der Waals surface area contributed by atoms with Gasteiger partial charge in [-0.1, -0.05) is 13.8 Å². The van der Waals surface area contributed by atoms with Gasteiger partial charge in [0.05, 0.1) is 11.7 Å². The Balaban J connectivity index is 1.74. The van der Waals surface area contributed by atoms with Crippen molar-refractivity contribution in [3.8, 4) is 0 Å². The zero-order chi connectivity index (χ0) is 16.6. The number of hydrogen-bond acceptors (Lipinski definition) is 3. The molecule has 3 nitrogen and oxygen atoms in total. The number of aliphatic hydroxyl groups is 2. The highest BCUT2D eigenvalue weighted by Gasteiger charge is 2.63. The highest BCUT2D eigenvalue weighted by atomic mass is 16.3. The van der Waals surface area contributed by atoms with E-state index in [-0.39, 0.29) is 16.6 Å². The largest absolute Gasteiger partial charge is 0.390 e. The molecule has 0 aromatic rings. The lowest BCUT2D eigenvalue weighted by Gasteiger charge is -2.59. The summed E-state index contributed by atoms with van der Waals surface area (Å²) in [5.74, 6) is 1.71.